The first-order valence-electron chi connectivity index (χ1n) is 7.90. The summed E-state index contributed by atoms with van der Waals surface area (Å²) in [5.74, 6) is -0.130. The van der Waals surface area contributed by atoms with Gasteiger partial charge in [-0.1, -0.05) is 11.6 Å². The summed E-state index contributed by atoms with van der Waals surface area (Å²) in [6.45, 7) is 4.69. The van der Waals surface area contributed by atoms with Crippen LogP contribution >= 0.6 is 0 Å². The summed E-state index contributed by atoms with van der Waals surface area (Å²) < 4.78 is 0. The third-order valence-corrected chi connectivity index (χ3v) is 4.02. The highest BCUT2D eigenvalue weighted by Crippen LogP contribution is 2.15. The lowest BCUT2D eigenvalue weighted by molar-refractivity contribution is 0.0751. The maximum absolute atomic E-state index is 12.6. The molecular weight excluding hydrogens is 302 g/mol. The van der Waals surface area contributed by atoms with Crippen molar-refractivity contribution < 1.29 is 4.79 Å². The summed E-state index contributed by atoms with van der Waals surface area (Å²) in [6.07, 6.45) is 3.17. The van der Waals surface area contributed by atoms with Crippen molar-refractivity contribution in [2.45, 2.75) is 20.4 Å². The first-order chi connectivity index (χ1) is 11.6. The van der Waals surface area contributed by atoms with Gasteiger partial charge < -0.3 is 9.88 Å². The largest absolute Gasteiger partial charge is 0.334 e. The number of hydrogen-bond donors (Lipinski definition) is 1. The fourth-order valence-corrected chi connectivity index (χ4v) is 2.69. The molecule has 0 saturated carbocycles. The summed E-state index contributed by atoms with van der Waals surface area (Å²) in [5.41, 5.74) is 2.86. The van der Waals surface area contributed by atoms with E-state index in [1.165, 1.54) is 0 Å². The molecule has 2 heterocycles. The molecule has 0 aliphatic heterocycles. The number of rotatable bonds is 4. The van der Waals surface area contributed by atoms with E-state index in [4.69, 9.17) is 0 Å². The van der Waals surface area contributed by atoms with Gasteiger partial charge in [-0.3, -0.25) is 14.6 Å². The van der Waals surface area contributed by atoms with Crippen LogP contribution in [0.25, 0.3) is 10.9 Å². The number of hydrogen-bond acceptors (Lipinski definition) is 3. The fourth-order valence-electron chi connectivity index (χ4n) is 2.69. The fraction of sp³-hybridized carbons (Fsp3) is 0.211. The normalized spacial score (nSPS) is 10.8. The molecule has 2 aromatic heterocycles. The molecule has 0 bridgehead atoms. The molecule has 24 heavy (non-hydrogen) atoms. The number of nitrogens with one attached hydrogen (secondary N) is 1. The van der Waals surface area contributed by atoms with E-state index in [-0.39, 0.29) is 18.0 Å². The topological polar surface area (TPSA) is 66.1 Å². The smallest absolute Gasteiger partial charge is 0.255 e. The highest BCUT2D eigenvalue weighted by atomic mass is 16.2. The van der Waals surface area contributed by atoms with Gasteiger partial charge in [-0.15, -0.1) is 0 Å². The number of aryl methyl sites for hydroxylation is 1. The third kappa shape index (κ3) is 3.20. The van der Waals surface area contributed by atoms with Gasteiger partial charge >= 0.3 is 0 Å². The van der Waals surface area contributed by atoms with Crippen molar-refractivity contribution in [1.29, 1.82) is 0 Å². The zero-order valence-electron chi connectivity index (χ0n) is 13.7. The summed E-state index contributed by atoms with van der Waals surface area (Å²) in [5, 5.41) is 0.967. The van der Waals surface area contributed by atoms with E-state index >= 15 is 0 Å². The first kappa shape index (κ1) is 15.9. The van der Waals surface area contributed by atoms with Gasteiger partial charge in [0.1, 0.15) is 0 Å². The van der Waals surface area contributed by atoms with Gasteiger partial charge in [0.2, 0.25) is 0 Å². The Morgan fingerprint density at radius 3 is 2.79 bits per heavy atom. The van der Waals surface area contributed by atoms with Crippen LogP contribution in [0.5, 0.6) is 0 Å². The van der Waals surface area contributed by atoms with Gasteiger partial charge in [0.25, 0.3) is 11.5 Å². The molecule has 3 rings (SSSR count). The van der Waals surface area contributed by atoms with E-state index in [2.05, 4.69) is 9.97 Å². The molecule has 5 heteroatoms. The first-order valence-corrected chi connectivity index (χ1v) is 7.90. The molecule has 5 nitrogen and oxygen atoms in total. The van der Waals surface area contributed by atoms with Crippen molar-refractivity contribution >= 4 is 16.8 Å². The molecule has 0 unspecified atom stereocenters. The SMILES string of the molecule is CCN(Cc1cc2cc(C)ccc2[nH]c1=O)C(=O)c1cccnc1. The number of amides is 1. The van der Waals surface area contributed by atoms with E-state index in [1.807, 2.05) is 38.1 Å². The Hall–Kier alpha value is -2.95. The minimum absolute atomic E-state index is 0.130. The molecule has 0 radical (unpaired) electrons. The molecule has 1 aromatic carbocycles. The minimum Gasteiger partial charge on any atom is -0.334 e. The van der Waals surface area contributed by atoms with E-state index in [0.29, 0.717) is 17.7 Å². The number of aromatic nitrogens is 2. The number of pyridine rings is 2. The second kappa shape index (κ2) is 6.66. The molecule has 0 aliphatic rings. The zero-order chi connectivity index (χ0) is 17.1. The highest BCUT2D eigenvalue weighted by molar-refractivity contribution is 5.93. The average molecular weight is 321 g/mol. The monoisotopic (exact) mass is 321 g/mol. The highest BCUT2D eigenvalue weighted by Gasteiger charge is 2.16. The molecule has 3 aromatic rings. The van der Waals surface area contributed by atoms with Gasteiger partial charge in [0.05, 0.1) is 12.1 Å². The Bertz CT molecular complexity index is 932. The predicted molar refractivity (Wildman–Crippen MR) is 94.0 cm³/mol. The second-order valence-corrected chi connectivity index (χ2v) is 5.78. The maximum Gasteiger partial charge on any atom is 0.255 e. The lowest BCUT2D eigenvalue weighted by atomic mass is 10.1. The van der Waals surface area contributed by atoms with Crippen molar-refractivity contribution in [1.82, 2.24) is 14.9 Å². The Balaban J connectivity index is 1.93. The van der Waals surface area contributed by atoms with Crippen LogP contribution in [-0.2, 0) is 6.54 Å². The zero-order valence-corrected chi connectivity index (χ0v) is 13.7. The number of H-pyrrole nitrogens is 1. The number of carbonyl (C=O) groups excluding carboxylic acids is 1. The van der Waals surface area contributed by atoms with Crippen LogP contribution in [0.4, 0.5) is 0 Å². The second-order valence-electron chi connectivity index (χ2n) is 5.78. The van der Waals surface area contributed by atoms with Crippen LogP contribution in [0.15, 0.2) is 53.6 Å². The van der Waals surface area contributed by atoms with Gasteiger partial charge in [0.15, 0.2) is 0 Å². The molecule has 0 spiro atoms. The van der Waals surface area contributed by atoms with Gasteiger partial charge in [0, 0.05) is 30.0 Å². The van der Waals surface area contributed by atoms with E-state index in [1.54, 1.807) is 29.4 Å². The van der Waals surface area contributed by atoms with E-state index < -0.39 is 0 Å². The lowest BCUT2D eigenvalue weighted by Crippen LogP contribution is -2.32. The Morgan fingerprint density at radius 1 is 1.25 bits per heavy atom. The number of carbonyl (C=O) groups is 1. The molecule has 122 valence electrons. The van der Waals surface area contributed by atoms with Crippen molar-refractivity contribution in [2.75, 3.05) is 6.54 Å². The van der Waals surface area contributed by atoms with Gasteiger partial charge in [-0.05, 0) is 49.6 Å². The van der Waals surface area contributed by atoms with Crippen LogP contribution in [0, 0.1) is 6.92 Å². The Kier molecular flexibility index (Phi) is 4.42. The van der Waals surface area contributed by atoms with Crippen molar-refractivity contribution in [2.24, 2.45) is 0 Å². The van der Waals surface area contributed by atoms with Crippen molar-refractivity contribution in [3.63, 3.8) is 0 Å². The molecule has 0 fully saturated rings. The summed E-state index contributed by atoms with van der Waals surface area (Å²) in [6, 6.07) is 11.2. The summed E-state index contributed by atoms with van der Waals surface area (Å²) >= 11 is 0. The minimum atomic E-state index is -0.163. The number of nitrogens with zero attached hydrogens (tertiary/aromatic N) is 2. The standard InChI is InChI=1S/C19H19N3O2/c1-3-22(19(24)14-5-4-8-20-11-14)12-16-10-15-9-13(2)6-7-17(15)21-18(16)23/h4-11H,3,12H2,1-2H3,(H,21,23). The Labute approximate surface area is 140 Å². The summed E-state index contributed by atoms with van der Waals surface area (Å²) in [7, 11) is 0. The quantitative estimate of drug-likeness (QED) is 0.803. The van der Waals surface area contributed by atoms with Crippen LogP contribution in [0.2, 0.25) is 0 Å². The van der Waals surface area contributed by atoms with E-state index in [9.17, 15) is 9.59 Å². The average Bonchev–Trinajstić information content (AvgIpc) is 2.60. The van der Waals surface area contributed by atoms with Gasteiger partial charge in [-0.2, -0.15) is 0 Å². The van der Waals surface area contributed by atoms with Crippen LogP contribution in [0.1, 0.15) is 28.4 Å². The lowest BCUT2D eigenvalue weighted by Gasteiger charge is -2.20. The van der Waals surface area contributed by atoms with Crippen LogP contribution in [0.3, 0.4) is 0 Å². The van der Waals surface area contributed by atoms with Crippen LogP contribution < -0.4 is 5.56 Å². The number of aromatic amines is 1. The number of benzene rings is 1. The molecule has 0 atom stereocenters. The molecule has 1 N–H and O–H groups in total. The predicted octanol–water partition coefficient (Wildman–Crippen LogP) is 2.89. The van der Waals surface area contributed by atoms with Gasteiger partial charge in [-0.25, -0.2) is 0 Å². The third-order valence-electron chi connectivity index (χ3n) is 4.02. The molecule has 1 amide bonds. The van der Waals surface area contributed by atoms with Crippen molar-refractivity contribution in [3.8, 4) is 0 Å². The molecular formula is C19H19N3O2. The van der Waals surface area contributed by atoms with E-state index in [0.717, 1.165) is 16.5 Å². The summed E-state index contributed by atoms with van der Waals surface area (Å²) in [4.78, 5) is 33.4. The Morgan fingerprint density at radius 2 is 2.08 bits per heavy atom. The maximum atomic E-state index is 12.6. The van der Waals surface area contributed by atoms with Crippen LogP contribution in [-0.4, -0.2) is 27.3 Å². The number of fused-ring (bicyclic) bond motifs is 1. The molecule has 0 aliphatic carbocycles. The van der Waals surface area contributed by atoms with Crippen molar-refractivity contribution in [3.05, 3.63) is 75.8 Å². The molecule has 0 saturated heterocycles.